The van der Waals surface area contributed by atoms with E-state index in [1.54, 1.807) is 12.3 Å². The second-order valence-corrected chi connectivity index (χ2v) is 5.05. The molecule has 0 atom stereocenters. The standard InChI is InChI=1S/C14H11NO4S/c16-11(8-12(17)14(18)19)10-6-7-15-13(10)20-9-4-2-1-3-5-9/h1-7,15H,8H2,(H,18,19). The first-order valence-corrected chi connectivity index (χ1v) is 6.59. The predicted molar refractivity (Wildman–Crippen MR) is 72.9 cm³/mol. The van der Waals surface area contributed by atoms with Crippen LogP contribution in [0.15, 0.2) is 52.5 Å². The smallest absolute Gasteiger partial charge is 0.372 e. The van der Waals surface area contributed by atoms with Crippen LogP contribution in [0.4, 0.5) is 0 Å². The van der Waals surface area contributed by atoms with Crippen LogP contribution in [0.2, 0.25) is 0 Å². The fourth-order valence-corrected chi connectivity index (χ4v) is 2.53. The monoisotopic (exact) mass is 289 g/mol. The molecule has 2 rings (SSSR count). The van der Waals surface area contributed by atoms with Gasteiger partial charge in [-0.25, -0.2) is 4.79 Å². The number of aliphatic carboxylic acids is 1. The highest BCUT2D eigenvalue weighted by atomic mass is 32.2. The number of benzene rings is 1. The van der Waals surface area contributed by atoms with Crippen LogP contribution in [-0.4, -0.2) is 27.6 Å². The second-order valence-electron chi connectivity index (χ2n) is 3.96. The molecule has 102 valence electrons. The number of Topliss-reactive ketones (excluding diaryl/α,β-unsaturated/α-hetero) is 2. The van der Waals surface area contributed by atoms with Gasteiger partial charge in [0.15, 0.2) is 5.78 Å². The molecule has 0 aliphatic rings. The van der Waals surface area contributed by atoms with Crippen LogP contribution in [0.5, 0.6) is 0 Å². The number of carbonyl (C=O) groups is 3. The van der Waals surface area contributed by atoms with Crippen LogP contribution in [0.25, 0.3) is 0 Å². The van der Waals surface area contributed by atoms with E-state index in [0.29, 0.717) is 10.6 Å². The molecule has 0 fully saturated rings. The molecule has 6 heteroatoms. The fraction of sp³-hybridized carbons (Fsp3) is 0.0714. The number of aromatic nitrogens is 1. The first-order valence-electron chi connectivity index (χ1n) is 5.77. The van der Waals surface area contributed by atoms with Crippen molar-refractivity contribution in [1.82, 2.24) is 4.98 Å². The van der Waals surface area contributed by atoms with Crippen LogP contribution < -0.4 is 0 Å². The van der Waals surface area contributed by atoms with E-state index < -0.39 is 24.0 Å². The Morgan fingerprint density at radius 1 is 1.10 bits per heavy atom. The average Bonchev–Trinajstić information content (AvgIpc) is 2.88. The predicted octanol–water partition coefficient (Wildman–Crippen LogP) is 2.39. The number of hydrogen-bond acceptors (Lipinski definition) is 4. The van der Waals surface area contributed by atoms with Gasteiger partial charge < -0.3 is 10.1 Å². The lowest BCUT2D eigenvalue weighted by Crippen LogP contribution is -2.17. The summed E-state index contributed by atoms with van der Waals surface area (Å²) in [5.74, 6) is -3.20. The summed E-state index contributed by atoms with van der Waals surface area (Å²) in [4.78, 5) is 37.3. The number of ketones is 2. The van der Waals surface area contributed by atoms with E-state index in [1.807, 2.05) is 30.3 Å². The van der Waals surface area contributed by atoms with Gasteiger partial charge in [-0.1, -0.05) is 30.0 Å². The van der Waals surface area contributed by atoms with E-state index in [2.05, 4.69) is 4.98 Å². The Balaban J connectivity index is 2.14. The van der Waals surface area contributed by atoms with Gasteiger partial charge in [0.05, 0.1) is 11.4 Å². The molecule has 0 bridgehead atoms. The fourth-order valence-electron chi connectivity index (χ4n) is 1.58. The Bertz CT molecular complexity index is 648. The zero-order chi connectivity index (χ0) is 14.5. The summed E-state index contributed by atoms with van der Waals surface area (Å²) in [7, 11) is 0. The van der Waals surface area contributed by atoms with E-state index in [9.17, 15) is 14.4 Å². The number of carboxylic acid groups (broad SMARTS) is 1. The molecule has 0 saturated heterocycles. The van der Waals surface area contributed by atoms with Crippen LogP contribution in [0, 0.1) is 0 Å². The highest BCUT2D eigenvalue weighted by Gasteiger charge is 2.20. The molecule has 0 unspecified atom stereocenters. The minimum absolute atomic E-state index is 0.327. The van der Waals surface area contributed by atoms with E-state index in [4.69, 9.17) is 5.11 Å². The Hall–Kier alpha value is -2.34. The maximum atomic E-state index is 11.9. The molecule has 0 radical (unpaired) electrons. The van der Waals surface area contributed by atoms with Gasteiger partial charge in [0.1, 0.15) is 0 Å². The average molecular weight is 289 g/mol. The lowest BCUT2D eigenvalue weighted by atomic mass is 10.1. The molecule has 2 aromatic rings. The maximum absolute atomic E-state index is 11.9. The summed E-state index contributed by atoms with van der Waals surface area (Å²) >= 11 is 1.35. The zero-order valence-electron chi connectivity index (χ0n) is 10.3. The van der Waals surface area contributed by atoms with E-state index >= 15 is 0 Å². The third-order valence-electron chi connectivity index (χ3n) is 2.53. The normalized spacial score (nSPS) is 10.2. The van der Waals surface area contributed by atoms with Crippen molar-refractivity contribution in [1.29, 1.82) is 0 Å². The topological polar surface area (TPSA) is 87.2 Å². The summed E-state index contributed by atoms with van der Waals surface area (Å²) in [6.07, 6.45) is 0.958. The number of rotatable bonds is 6. The molecule has 1 aromatic heterocycles. The first kappa shape index (κ1) is 14.1. The number of nitrogens with one attached hydrogen (secondary N) is 1. The number of hydrogen-bond donors (Lipinski definition) is 2. The molecule has 20 heavy (non-hydrogen) atoms. The minimum Gasteiger partial charge on any atom is -0.475 e. The van der Waals surface area contributed by atoms with Crippen LogP contribution in [-0.2, 0) is 9.59 Å². The van der Waals surface area contributed by atoms with Crippen LogP contribution >= 0.6 is 11.8 Å². The van der Waals surface area contributed by atoms with Gasteiger partial charge in [-0.3, -0.25) is 9.59 Å². The summed E-state index contributed by atoms with van der Waals surface area (Å²) in [6, 6.07) is 11.0. The van der Waals surface area contributed by atoms with Crippen molar-refractivity contribution in [3.63, 3.8) is 0 Å². The van der Waals surface area contributed by atoms with Gasteiger partial charge in [-0.2, -0.15) is 0 Å². The summed E-state index contributed by atoms with van der Waals surface area (Å²) in [5, 5.41) is 9.11. The molecular weight excluding hydrogens is 278 g/mol. The van der Waals surface area contributed by atoms with E-state index in [-0.39, 0.29) is 0 Å². The SMILES string of the molecule is O=C(O)C(=O)CC(=O)c1cc[nH]c1Sc1ccccc1. The molecule has 0 spiro atoms. The van der Waals surface area contributed by atoms with Gasteiger partial charge in [-0.05, 0) is 18.2 Å². The van der Waals surface area contributed by atoms with Gasteiger partial charge in [0.25, 0.3) is 0 Å². The Labute approximate surface area is 119 Å². The number of aromatic amines is 1. The molecule has 2 N–H and O–H groups in total. The third-order valence-corrected chi connectivity index (χ3v) is 3.58. The first-order chi connectivity index (χ1) is 9.58. The zero-order valence-corrected chi connectivity index (χ0v) is 11.1. The lowest BCUT2D eigenvalue weighted by Gasteiger charge is -2.02. The summed E-state index contributed by atoms with van der Waals surface area (Å²) < 4.78 is 0. The van der Waals surface area contributed by atoms with Gasteiger partial charge in [0, 0.05) is 16.7 Å². The molecular formula is C14H11NO4S. The van der Waals surface area contributed by atoms with Crippen LogP contribution in [0.1, 0.15) is 16.8 Å². The number of carboxylic acids is 1. The molecule has 0 aliphatic carbocycles. The molecule has 0 saturated carbocycles. The van der Waals surface area contributed by atoms with Crippen molar-refractivity contribution in [3.05, 3.63) is 48.2 Å². The van der Waals surface area contributed by atoms with Gasteiger partial charge >= 0.3 is 5.97 Å². The second kappa shape index (κ2) is 6.21. The summed E-state index contributed by atoms with van der Waals surface area (Å²) in [6.45, 7) is 0. The number of H-pyrrole nitrogens is 1. The van der Waals surface area contributed by atoms with Gasteiger partial charge in [-0.15, -0.1) is 0 Å². The van der Waals surface area contributed by atoms with Crippen molar-refractivity contribution in [2.75, 3.05) is 0 Å². The maximum Gasteiger partial charge on any atom is 0.372 e. The molecule has 1 aromatic carbocycles. The Morgan fingerprint density at radius 2 is 1.80 bits per heavy atom. The molecule has 1 heterocycles. The van der Waals surface area contributed by atoms with Crippen molar-refractivity contribution < 1.29 is 19.5 Å². The number of carbonyl (C=O) groups excluding carboxylic acids is 2. The summed E-state index contributed by atoms with van der Waals surface area (Å²) in [5.41, 5.74) is 0.327. The molecule has 0 amide bonds. The third kappa shape index (κ3) is 3.36. The van der Waals surface area contributed by atoms with Crippen molar-refractivity contribution in [2.24, 2.45) is 0 Å². The molecule has 5 nitrogen and oxygen atoms in total. The highest BCUT2D eigenvalue weighted by Crippen LogP contribution is 2.29. The van der Waals surface area contributed by atoms with E-state index in [0.717, 1.165) is 4.90 Å². The van der Waals surface area contributed by atoms with Gasteiger partial charge in [0.2, 0.25) is 5.78 Å². The Morgan fingerprint density at radius 3 is 2.45 bits per heavy atom. The largest absolute Gasteiger partial charge is 0.475 e. The highest BCUT2D eigenvalue weighted by molar-refractivity contribution is 7.99. The Kier molecular flexibility index (Phi) is 4.37. The minimum atomic E-state index is -1.59. The molecule has 0 aliphatic heterocycles. The van der Waals surface area contributed by atoms with Crippen molar-refractivity contribution in [2.45, 2.75) is 16.3 Å². The lowest BCUT2D eigenvalue weighted by molar-refractivity contribution is -0.148. The van der Waals surface area contributed by atoms with Crippen molar-refractivity contribution in [3.8, 4) is 0 Å². The van der Waals surface area contributed by atoms with E-state index in [1.165, 1.54) is 11.8 Å². The van der Waals surface area contributed by atoms with Crippen molar-refractivity contribution >= 4 is 29.3 Å². The quantitative estimate of drug-likeness (QED) is 0.484. The van der Waals surface area contributed by atoms with Crippen LogP contribution in [0.3, 0.4) is 0 Å².